The summed E-state index contributed by atoms with van der Waals surface area (Å²) in [7, 11) is 0. The van der Waals surface area contributed by atoms with Crippen LogP contribution < -0.4 is 0 Å². The van der Waals surface area contributed by atoms with Gasteiger partial charge in [-0.2, -0.15) is 4.80 Å². The quantitative estimate of drug-likeness (QED) is 0.827. The van der Waals surface area contributed by atoms with E-state index in [1.807, 2.05) is 13.8 Å². The topological polar surface area (TPSA) is 63.9 Å². The Balaban J connectivity index is 2.14. The van der Waals surface area contributed by atoms with E-state index < -0.39 is 5.82 Å². The average Bonchev–Trinajstić information content (AvgIpc) is 2.89. The molecule has 1 heterocycles. The molecule has 1 amide bonds. The molecular formula is C13H16FN5O. The van der Waals surface area contributed by atoms with Gasteiger partial charge in [0.1, 0.15) is 12.4 Å². The Morgan fingerprint density at radius 3 is 2.65 bits per heavy atom. The van der Waals surface area contributed by atoms with Gasteiger partial charge in [0.15, 0.2) is 0 Å². The number of likely N-dealkylation sites (N-methyl/N-ethyl adjacent to an activating group) is 1. The number of amides is 1. The van der Waals surface area contributed by atoms with Gasteiger partial charge in [0.2, 0.25) is 11.7 Å². The number of hydrogen-bond donors (Lipinski definition) is 0. The maximum Gasteiger partial charge on any atom is 0.246 e. The fourth-order valence-electron chi connectivity index (χ4n) is 1.86. The number of aromatic nitrogens is 4. The number of nitrogens with zero attached hydrogens (tertiary/aromatic N) is 5. The monoisotopic (exact) mass is 277 g/mol. The largest absolute Gasteiger partial charge is 0.342 e. The summed E-state index contributed by atoms with van der Waals surface area (Å²) in [6.07, 6.45) is 0. The normalized spacial score (nSPS) is 10.6. The fourth-order valence-corrected chi connectivity index (χ4v) is 1.86. The summed E-state index contributed by atoms with van der Waals surface area (Å²) in [4.78, 5) is 14.8. The van der Waals surface area contributed by atoms with Crippen molar-refractivity contribution in [1.82, 2.24) is 25.1 Å². The molecule has 0 saturated carbocycles. The number of carbonyl (C=O) groups excluding carboxylic acids is 1. The number of halogens is 1. The van der Waals surface area contributed by atoms with E-state index in [1.54, 1.807) is 23.1 Å². The van der Waals surface area contributed by atoms with Gasteiger partial charge in [-0.1, -0.05) is 12.1 Å². The van der Waals surface area contributed by atoms with Crippen molar-refractivity contribution in [2.75, 3.05) is 13.1 Å². The van der Waals surface area contributed by atoms with Gasteiger partial charge in [0.05, 0.1) is 5.56 Å². The molecule has 0 N–H and O–H groups in total. The zero-order valence-electron chi connectivity index (χ0n) is 11.5. The van der Waals surface area contributed by atoms with E-state index in [2.05, 4.69) is 15.4 Å². The highest BCUT2D eigenvalue weighted by Crippen LogP contribution is 2.17. The zero-order chi connectivity index (χ0) is 14.5. The first-order chi connectivity index (χ1) is 9.65. The van der Waals surface area contributed by atoms with Crippen LogP contribution in [0, 0.1) is 5.82 Å². The highest BCUT2D eigenvalue weighted by molar-refractivity contribution is 5.75. The lowest BCUT2D eigenvalue weighted by atomic mass is 10.2. The van der Waals surface area contributed by atoms with Crippen LogP contribution in [0.1, 0.15) is 13.8 Å². The molecule has 106 valence electrons. The van der Waals surface area contributed by atoms with Gasteiger partial charge in [0.25, 0.3) is 0 Å². The molecule has 1 aromatic carbocycles. The van der Waals surface area contributed by atoms with Crippen molar-refractivity contribution in [1.29, 1.82) is 0 Å². The van der Waals surface area contributed by atoms with Crippen LogP contribution in [0.2, 0.25) is 0 Å². The van der Waals surface area contributed by atoms with Gasteiger partial charge in [-0.05, 0) is 31.2 Å². The lowest BCUT2D eigenvalue weighted by Crippen LogP contribution is -2.34. The first kappa shape index (κ1) is 14.1. The lowest BCUT2D eigenvalue weighted by molar-refractivity contribution is -0.131. The molecule has 20 heavy (non-hydrogen) atoms. The van der Waals surface area contributed by atoms with Gasteiger partial charge in [0, 0.05) is 13.1 Å². The molecule has 0 aliphatic rings. The summed E-state index contributed by atoms with van der Waals surface area (Å²) in [5.41, 5.74) is 0.272. The van der Waals surface area contributed by atoms with Crippen LogP contribution in [-0.4, -0.2) is 44.1 Å². The number of carbonyl (C=O) groups is 1. The molecule has 1 aromatic heterocycles. The van der Waals surface area contributed by atoms with Crippen LogP contribution in [-0.2, 0) is 11.3 Å². The Kier molecular flexibility index (Phi) is 4.39. The number of tetrazole rings is 1. The van der Waals surface area contributed by atoms with Crippen molar-refractivity contribution >= 4 is 5.91 Å². The molecule has 2 aromatic rings. The van der Waals surface area contributed by atoms with Crippen molar-refractivity contribution in [3.05, 3.63) is 30.1 Å². The van der Waals surface area contributed by atoms with E-state index in [-0.39, 0.29) is 23.8 Å². The van der Waals surface area contributed by atoms with Crippen molar-refractivity contribution in [3.8, 4) is 11.4 Å². The second-order valence-electron chi connectivity index (χ2n) is 4.19. The van der Waals surface area contributed by atoms with E-state index in [9.17, 15) is 9.18 Å². The highest BCUT2D eigenvalue weighted by atomic mass is 19.1. The summed E-state index contributed by atoms with van der Waals surface area (Å²) >= 11 is 0. The molecule has 0 radical (unpaired) electrons. The van der Waals surface area contributed by atoms with Gasteiger partial charge in [-0.3, -0.25) is 4.79 Å². The maximum atomic E-state index is 13.6. The van der Waals surface area contributed by atoms with Crippen LogP contribution in [0.3, 0.4) is 0 Å². The molecule has 0 spiro atoms. The minimum atomic E-state index is -0.415. The molecule has 7 heteroatoms. The third kappa shape index (κ3) is 2.98. The summed E-state index contributed by atoms with van der Waals surface area (Å²) in [5.74, 6) is -0.329. The van der Waals surface area contributed by atoms with E-state index >= 15 is 0 Å². The molecule has 0 bridgehead atoms. The summed E-state index contributed by atoms with van der Waals surface area (Å²) in [5, 5.41) is 11.6. The van der Waals surface area contributed by atoms with Crippen LogP contribution in [0.5, 0.6) is 0 Å². The Bertz CT molecular complexity index is 594. The molecule has 6 nitrogen and oxygen atoms in total. The predicted octanol–water partition coefficient (Wildman–Crippen LogP) is 1.35. The van der Waals surface area contributed by atoms with Crippen molar-refractivity contribution in [2.45, 2.75) is 20.4 Å². The van der Waals surface area contributed by atoms with Crippen LogP contribution >= 0.6 is 0 Å². The lowest BCUT2D eigenvalue weighted by Gasteiger charge is -2.17. The minimum Gasteiger partial charge on any atom is -0.342 e. The minimum absolute atomic E-state index is 0.00311. The van der Waals surface area contributed by atoms with Gasteiger partial charge in [-0.15, -0.1) is 10.2 Å². The van der Waals surface area contributed by atoms with Crippen molar-refractivity contribution < 1.29 is 9.18 Å². The van der Waals surface area contributed by atoms with Gasteiger partial charge in [-0.25, -0.2) is 4.39 Å². The molecule has 0 atom stereocenters. The molecule has 0 unspecified atom stereocenters. The van der Waals surface area contributed by atoms with E-state index in [0.29, 0.717) is 13.1 Å². The molecule has 0 saturated heterocycles. The van der Waals surface area contributed by atoms with Crippen LogP contribution in [0.25, 0.3) is 11.4 Å². The third-order valence-electron chi connectivity index (χ3n) is 2.96. The smallest absolute Gasteiger partial charge is 0.246 e. The van der Waals surface area contributed by atoms with Crippen molar-refractivity contribution in [2.24, 2.45) is 0 Å². The first-order valence-electron chi connectivity index (χ1n) is 6.46. The van der Waals surface area contributed by atoms with Crippen molar-refractivity contribution in [3.63, 3.8) is 0 Å². The van der Waals surface area contributed by atoms with E-state index in [0.717, 1.165) is 0 Å². The average molecular weight is 277 g/mol. The molecule has 0 aliphatic carbocycles. The third-order valence-corrected chi connectivity index (χ3v) is 2.96. The van der Waals surface area contributed by atoms with Gasteiger partial charge >= 0.3 is 0 Å². The standard InChI is InChI=1S/C13H16FN5O/c1-3-18(4-2)12(20)9-19-16-13(15-17-19)10-7-5-6-8-11(10)14/h5-8H,3-4,9H2,1-2H3. The van der Waals surface area contributed by atoms with Crippen LogP contribution in [0.4, 0.5) is 4.39 Å². The maximum absolute atomic E-state index is 13.6. The summed E-state index contributed by atoms with van der Waals surface area (Å²) < 4.78 is 13.6. The molecule has 0 aliphatic heterocycles. The fraction of sp³-hybridized carbons (Fsp3) is 0.385. The molecule has 0 fully saturated rings. The molecule has 2 rings (SSSR count). The Hall–Kier alpha value is -2.31. The summed E-state index contributed by atoms with van der Waals surface area (Å²) in [6.45, 7) is 5.07. The first-order valence-corrected chi connectivity index (χ1v) is 6.46. The highest BCUT2D eigenvalue weighted by Gasteiger charge is 2.14. The Morgan fingerprint density at radius 1 is 1.30 bits per heavy atom. The zero-order valence-corrected chi connectivity index (χ0v) is 11.5. The molecular weight excluding hydrogens is 261 g/mol. The second kappa shape index (κ2) is 6.23. The predicted molar refractivity (Wildman–Crippen MR) is 71.1 cm³/mol. The Labute approximate surface area is 116 Å². The summed E-state index contributed by atoms with van der Waals surface area (Å²) in [6, 6.07) is 6.19. The SMILES string of the molecule is CCN(CC)C(=O)Cn1nnc(-c2ccccc2F)n1. The number of rotatable bonds is 5. The van der Waals surface area contributed by atoms with E-state index in [4.69, 9.17) is 0 Å². The van der Waals surface area contributed by atoms with Gasteiger partial charge < -0.3 is 4.90 Å². The van der Waals surface area contributed by atoms with E-state index in [1.165, 1.54) is 10.9 Å². The van der Waals surface area contributed by atoms with Crippen LogP contribution in [0.15, 0.2) is 24.3 Å². The Morgan fingerprint density at radius 2 is 2.00 bits per heavy atom. The second-order valence-corrected chi connectivity index (χ2v) is 4.19. The number of benzene rings is 1. The number of hydrogen-bond acceptors (Lipinski definition) is 4.